The van der Waals surface area contributed by atoms with E-state index < -0.39 is 18.5 Å². The number of aryl methyl sites for hydroxylation is 1. The topological polar surface area (TPSA) is 97.1 Å². The summed E-state index contributed by atoms with van der Waals surface area (Å²) < 4.78 is 13.4. The Labute approximate surface area is 114 Å². The van der Waals surface area contributed by atoms with Gasteiger partial charge in [-0.3, -0.25) is 4.79 Å². The molecule has 2 rings (SSSR count). The molecule has 0 spiro atoms. The smallest absolute Gasteiger partial charge is 0.423 e. The van der Waals surface area contributed by atoms with Crippen molar-refractivity contribution in [1.29, 1.82) is 5.26 Å². The summed E-state index contributed by atoms with van der Waals surface area (Å²) in [5, 5.41) is 27.7. The third kappa shape index (κ3) is 2.47. The maximum absolute atomic E-state index is 13.4. The first-order valence-electron chi connectivity index (χ1n) is 5.74. The summed E-state index contributed by atoms with van der Waals surface area (Å²) in [6.45, 7) is 1.61. The fourth-order valence-corrected chi connectivity index (χ4v) is 2.00. The Kier molecular flexibility index (Phi) is 3.70. The molecule has 3 N–H and O–H groups in total. The summed E-state index contributed by atoms with van der Waals surface area (Å²) >= 11 is 0. The molecule has 5 nitrogen and oxygen atoms in total. The Morgan fingerprint density at radius 1 is 1.30 bits per heavy atom. The van der Waals surface area contributed by atoms with E-state index >= 15 is 0 Å². The zero-order chi connectivity index (χ0) is 14.9. The monoisotopic (exact) mass is 272 g/mol. The van der Waals surface area contributed by atoms with Gasteiger partial charge in [-0.15, -0.1) is 0 Å². The van der Waals surface area contributed by atoms with Crippen LogP contribution in [0.25, 0.3) is 11.1 Å². The summed E-state index contributed by atoms with van der Waals surface area (Å²) in [6, 6.07) is 6.57. The van der Waals surface area contributed by atoms with E-state index in [-0.39, 0.29) is 22.2 Å². The number of hydrogen-bond acceptors (Lipinski definition) is 4. The number of benzene rings is 1. The Bertz CT molecular complexity index is 765. The van der Waals surface area contributed by atoms with Crippen LogP contribution >= 0.6 is 0 Å². The fraction of sp³-hybridized carbons (Fsp3) is 0.0769. The van der Waals surface area contributed by atoms with Gasteiger partial charge in [0.15, 0.2) is 0 Å². The van der Waals surface area contributed by atoms with Crippen molar-refractivity contribution >= 4 is 12.6 Å². The molecule has 20 heavy (non-hydrogen) atoms. The van der Waals surface area contributed by atoms with Gasteiger partial charge in [0.25, 0.3) is 5.56 Å². The molecule has 2 aromatic rings. The second-order valence-corrected chi connectivity index (χ2v) is 4.29. The van der Waals surface area contributed by atoms with Crippen molar-refractivity contribution in [3.63, 3.8) is 0 Å². The standard InChI is InChI=1S/C13H10BFN2O3/c1-7-4-9(11(6-16)13(18)17-7)10-5-8(15)2-3-12(10)14(19)20/h2-5,19-20H,1H3,(H,17,18). The molecule has 0 saturated carbocycles. The number of rotatable bonds is 2. The summed E-state index contributed by atoms with van der Waals surface area (Å²) in [5.74, 6) is -0.605. The number of aromatic nitrogens is 1. The van der Waals surface area contributed by atoms with Crippen LogP contribution in [0.4, 0.5) is 4.39 Å². The predicted octanol–water partition coefficient (Wildman–Crippen LogP) is 0.0409. The predicted molar refractivity (Wildman–Crippen MR) is 71.7 cm³/mol. The first-order valence-corrected chi connectivity index (χ1v) is 5.74. The van der Waals surface area contributed by atoms with Crippen molar-refractivity contribution in [3.05, 3.63) is 51.7 Å². The molecule has 0 aliphatic carbocycles. The van der Waals surface area contributed by atoms with Crippen LogP contribution in [0.1, 0.15) is 11.3 Å². The molecule has 0 saturated heterocycles. The number of H-pyrrole nitrogens is 1. The summed E-state index contributed by atoms with van der Waals surface area (Å²) in [5.41, 5.74) is -0.0464. The van der Waals surface area contributed by atoms with Gasteiger partial charge < -0.3 is 15.0 Å². The number of nitrogens with zero attached hydrogens (tertiary/aromatic N) is 1. The summed E-state index contributed by atoms with van der Waals surface area (Å²) in [6.07, 6.45) is 0. The third-order valence-corrected chi connectivity index (χ3v) is 2.86. The molecule has 1 heterocycles. The molecule has 0 atom stereocenters. The molecule has 0 unspecified atom stereocenters. The minimum absolute atomic E-state index is 0.0212. The number of nitriles is 1. The van der Waals surface area contributed by atoms with Gasteiger partial charge in [0.2, 0.25) is 0 Å². The lowest BCUT2D eigenvalue weighted by atomic mass is 9.75. The molecular formula is C13H10BFN2O3. The fourth-order valence-electron chi connectivity index (χ4n) is 2.00. The highest BCUT2D eigenvalue weighted by molar-refractivity contribution is 6.60. The molecular weight excluding hydrogens is 262 g/mol. The van der Waals surface area contributed by atoms with Gasteiger partial charge >= 0.3 is 7.12 Å². The van der Waals surface area contributed by atoms with Crippen molar-refractivity contribution in [3.8, 4) is 17.2 Å². The summed E-state index contributed by atoms with van der Waals surface area (Å²) in [7, 11) is -1.84. The van der Waals surface area contributed by atoms with Crippen molar-refractivity contribution in [2.75, 3.05) is 0 Å². The van der Waals surface area contributed by atoms with E-state index in [0.717, 1.165) is 12.1 Å². The lowest BCUT2D eigenvalue weighted by molar-refractivity contribution is 0.426. The summed E-state index contributed by atoms with van der Waals surface area (Å²) in [4.78, 5) is 14.2. The molecule has 7 heteroatoms. The van der Waals surface area contributed by atoms with E-state index in [4.69, 9.17) is 5.26 Å². The highest BCUT2D eigenvalue weighted by Crippen LogP contribution is 2.21. The van der Waals surface area contributed by atoms with Crippen molar-refractivity contribution in [2.24, 2.45) is 0 Å². The largest absolute Gasteiger partial charge is 0.489 e. The SMILES string of the molecule is Cc1cc(-c2cc(F)ccc2B(O)O)c(C#N)c(=O)[nH]1. The zero-order valence-corrected chi connectivity index (χ0v) is 10.5. The maximum Gasteiger partial charge on any atom is 0.489 e. The molecule has 0 amide bonds. The first-order chi connectivity index (χ1) is 9.43. The van der Waals surface area contributed by atoms with Crippen molar-refractivity contribution < 1.29 is 14.4 Å². The van der Waals surface area contributed by atoms with E-state index in [9.17, 15) is 19.2 Å². The quantitative estimate of drug-likeness (QED) is 0.672. The molecule has 1 aromatic heterocycles. The number of pyridine rings is 1. The molecule has 1 aromatic carbocycles. The first kappa shape index (κ1) is 14.0. The number of halogens is 1. The molecule has 0 fully saturated rings. The Hall–Kier alpha value is -2.43. The zero-order valence-electron chi connectivity index (χ0n) is 10.5. The Morgan fingerprint density at radius 3 is 2.60 bits per heavy atom. The maximum atomic E-state index is 13.4. The average molecular weight is 272 g/mol. The highest BCUT2D eigenvalue weighted by Gasteiger charge is 2.21. The molecule has 0 radical (unpaired) electrons. The van der Waals surface area contributed by atoms with Gasteiger partial charge in [-0.25, -0.2) is 4.39 Å². The van der Waals surface area contributed by atoms with Crippen molar-refractivity contribution in [1.82, 2.24) is 4.98 Å². The van der Waals surface area contributed by atoms with E-state index in [1.807, 2.05) is 0 Å². The Balaban J connectivity index is 2.84. The van der Waals surface area contributed by atoms with Crippen molar-refractivity contribution in [2.45, 2.75) is 6.92 Å². The van der Waals surface area contributed by atoms with Gasteiger partial charge in [0.1, 0.15) is 17.4 Å². The number of hydrogen-bond donors (Lipinski definition) is 3. The van der Waals surface area contributed by atoms with E-state index in [1.165, 1.54) is 12.1 Å². The minimum Gasteiger partial charge on any atom is -0.423 e. The molecule has 100 valence electrons. The van der Waals surface area contributed by atoms with Gasteiger partial charge in [0, 0.05) is 11.3 Å². The number of aromatic amines is 1. The van der Waals surface area contributed by atoms with Crippen LogP contribution in [0.3, 0.4) is 0 Å². The lowest BCUT2D eigenvalue weighted by Gasteiger charge is -2.11. The molecule has 0 bridgehead atoms. The second kappa shape index (κ2) is 5.29. The lowest BCUT2D eigenvalue weighted by Crippen LogP contribution is -2.32. The molecule has 0 aliphatic heterocycles. The Morgan fingerprint density at radius 2 is 2.00 bits per heavy atom. The normalized spacial score (nSPS) is 10.2. The van der Waals surface area contributed by atoms with Crippen LogP contribution in [0, 0.1) is 24.1 Å². The molecule has 0 aliphatic rings. The van der Waals surface area contributed by atoms with Crippen LogP contribution in [-0.2, 0) is 0 Å². The van der Waals surface area contributed by atoms with Gasteiger partial charge in [0.05, 0.1) is 0 Å². The van der Waals surface area contributed by atoms with Gasteiger partial charge in [-0.05, 0) is 36.1 Å². The van der Waals surface area contributed by atoms with E-state index in [0.29, 0.717) is 5.69 Å². The second-order valence-electron chi connectivity index (χ2n) is 4.29. The van der Waals surface area contributed by atoms with Crippen LogP contribution < -0.4 is 11.0 Å². The van der Waals surface area contributed by atoms with Gasteiger partial charge in [-0.2, -0.15) is 5.26 Å². The van der Waals surface area contributed by atoms with Crippen LogP contribution in [-0.4, -0.2) is 22.2 Å². The minimum atomic E-state index is -1.84. The third-order valence-electron chi connectivity index (χ3n) is 2.86. The van der Waals surface area contributed by atoms with E-state index in [1.54, 1.807) is 13.0 Å². The average Bonchev–Trinajstić information content (AvgIpc) is 2.37. The number of nitrogens with one attached hydrogen (secondary N) is 1. The van der Waals surface area contributed by atoms with Crippen LogP contribution in [0.15, 0.2) is 29.1 Å². The van der Waals surface area contributed by atoms with Crippen LogP contribution in [0.2, 0.25) is 0 Å². The van der Waals surface area contributed by atoms with Crippen LogP contribution in [0.5, 0.6) is 0 Å². The van der Waals surface area contributed by atoms with Gasteiger partial charge in [-0.1, -0.05) is 6.07 Å². The van der Waals surface area contributed by atoms with E-state index in [2.05, 4.69) is 4.98 Å². The highest BCUT2D eigenvalue weighted by atomic mass is 19.1.